The normalized spacial score (nSPS) is 16.8. The van der Waals surface area contributed by atoms with Gasteiger partial charge in [0, 0.05) is 20.0 Å². The first-order valence-corrected chi connectivity index (χ1v) is 8.62. The highest BCUT2D eigenvalue weighted by atomic mass is 16.2. The van der Waals surface area contributed by atoms with Crippen molar-refractivity contribution in [2.24, 2.45) is 19.2 Å². The molecule has 0 aliphatic carbocycles. The summed E-state index contributed by atoms with van der Waals surface area (Å²) in [6.07, 6.45) is 0. The van der Waals surface area contributed by atoms with Crippen molar-refractivity contribution in [1.82, 2.24) is 14.3 Å². The summed E-state index contributed by atoms with van der Waals surface area (Å²) in [6, 6.07) is 18.7. The molecule has 0 radical (unpaired) electrons. The smallest absolute Gasteiger partial charge is 0.263 e. The van der Waals surface area contributed by atoms with Gasteiger partial charge in [0.05, 0.1) is 12.3 Å². The van der Waals surface area contributed by atoms with Crippen LogP contribution < -0.4 is 10.7 Å². The number of anilines is 1. The van der Waals surface area contributed by atoms with Crippen molar-refractivity contribution in [3.8, 4) is 0 Å². The highest BCUT2D eigenvalue weighted by Crippen LogP contribution is 2.30. The molecule has 0 N–H and O–H groups in total. The number of hydrazone groups is 1. The van der Waals surface area contributed by atoms with E-state index in [1.54, 1.807) is 14.1 Å². The van der Waals surface area contributed by atoms with Crippen molar-refractivity contribution < 1.29 is 0 Å². The minimum Gasteiger partial charge on any atom is -0.263 e. The van der Waals surface area contributed by atoms with E-state index >= 15 is 0 Å². The van der Waals surface area contributed by atoms with Crippen LogP contribution in [0.2, 0.25) is 0 Å². The number of hydrogen-bond donors (Lipinski definition) is 0. The van der Waals surface area contributed by atoms with Crippen molar-refractivity contribution in [3.63, 3.8) is 0 Å². The number of aryl methyl sites for hydroxylation is 2. The third-order valence-corrected chi connectivity index (χ3v) is 4.80. The average Bonchev–Trinajstić information content (AvgIpc) is 3.20. The monoisotopic (exact) mass is 347 g/mol. The second-order valence-electron chi connectivity index (χ2n) is 6.66. The largest absolute Gasteiger partial charge is 0.346 e. The molecule has 2 aromatic carbocycles. The molecule has 6 nitrogen and oxygen atoms in total. The molecule has 0 bridgehead atoms. The van der Waals surface area contributed by atoms with E-state index in [0.717, 1.165) is 11.3 Å². The Morgan fingerprint density at radius 3 is 2.31 bits per heavy atom. The lowest BCUT2D eigenvalue weighted by Gasteiger charge is -2.15. The van der Waals surface area contributed by atoms with Crippen molar-refractivity contribution in [2.75, 3.05) is 11.6 Å². The molecule has 4 rings (SSSR count). The van der Waals surface area contributed by atoms with Gasteiger partial charge in [0.1, 0.15) is 0 Å². The predicted octanol–water partition coefficient (Wildman–Crippen LogP) is 2.44. The van der Waals surface area contributed by atoms with Crippen molar-refractivity contribution in [1.29, 1.82) is 0 Å². The van der Waals surface area contributed by atoms with Crippen LogP contribution in [0.25, 0.3) is 0 Å². The zero-order chi connectivity index (χ0) is 18.3. The standard InChI is InChI=1S/C20H21N5O/c1-14-9-11-16(12-10-14)18-17(15-7-5-4-6-8-15)13-25(21-18)19-22-24(3)20(26)23(19)2/h4-12,17H,13H2,1-3H3/t17-/m0/s1. The van der Waals surface area contributed by atoms with E-state index in [4.69, 9.17) is 5.10 Å². The first kappa shape index (κ1) is 16.3. The molecule has 1 aliphatic heterocycles. The summed E-state index contributed by atoms with van der Waals surface area (Å²) in [7, 11) is 3.38. The van der Waals surface area contributed by atoms with Crippen LogP contribution in [0.4, 0.5) is 5.95 Å². The maximum atomic E-state index is 12.1. The van der Waals surface area contributed by atoms with Gasteiger partial charge >= 0.3 is 5.69 Å². The fraction of sp³-hybridized carbons (Fsp3) is 0.250. The molecule has 2 heterocycles. The average molecular weight is 347 g/mol. The van der Waals surface area contributed by atoms with Crippen LogP contribution in [-0.4, -0.2) is 26.6 Å². The van der Waals surface area contributed by atoms with E-state index in [2.05, 4.69) is 48.4 Å². The van der Waals surface area contributed by atoms with E-state index in [1.807, 2.05) is 23.2 Å². The molecule has 0 saturated carbocycles. The third-order valence-electron chi connectivity index (χ3n) is 4.80. The Morgan fingerprint density at radius 2 is 1.69 bits per heavy atom. The van der Waals surface area contributed by atoms with Crippen LogP contribution in [0.1, 0.15) is 22.6 Å². The van der Waals surface area contributed by atoms with Crippen LogP contribution in [0.3, 0.4) is 0 Å². The van der Waals surface area contributed by atoms with E-state index < -0.39 is 0 Å². The number of hydrogen-bond acceptors (Lipinski definition) is 4. The third kappa shape index (κ3) is 2.73. The van der Waals surface area contributed by atoms with Gasteiger partial charge in [-0.15, -0.1) is 5.10 Å². The first-order valence-electron chi connectivity index (χ1n) is 8.62. The highest BCUT2D eigenvalue weighted by Gasteiger charge is 2.32. The highest BCUT2D eigenvalue weighted by molar-refractivity contribution is 6.07. The van der Waals surface area contributed by atoms with Crippen LogP contribution in [0.5, 0.6) is 0 Å². The molecule has 0 unspecified atom stereocenters. The van der Waals surface area contributed by atoms with Gasteiger partial charge in [0.2, 0.25) is 5.95 Å². The number of nitrogens with zero attached hydrogens (tertiary/aromatic N) is 5. The predicted molar refractivity (Wildman–Crippen MR) is 103 cm³/mol. The summed E-state index contributed by atoms with van der Waals surface area (Å²) in [4.78, 5) is 12.1. The molecular weight excluding hydrogens is 326 g/mol. The lowest BCUT2D eigenvalue weighted by molar-refractivity contribution is 0.713. The minimum atomic E-state index is -0.157. The second kappa shape index (κ2) is 6.29. The van der Waals surface area contributed by atoms with Gasteiger partial charge in [0.25, 0.3) is 0 Å². The molecule has 0 spiro atoms. The van der Waals surface area contributed by atoms with Gasteiger partial charge in [-0.2, -0.15) is 5.10 Å². The molecule has 0 amide bonds. The molecule has 132 valence electrons. The Labute approximate surface area is 152 Å². The van der Waals surface area contributed by atoms with Crippen molar-refractivity contribution in [2.45, 2.75) is 12.8 Å². The molecule has 3 aromatic rings. The Hall–Kier alpha value is -3.15. The lowest BCUT2D eigenvalue weighted by atomic mass is 9.90. The number of benzene rings is 2. The van der Waals surface area contributed by atoms with Gasteiger partial charge < -0.3 is 0 Å². The van der Waals surface area contributed by atoms with Gasteiger partial charge in [-0.3, -0.25) is 4.57 Å². The lowest BCUT2D eigenvalue weighted by Crippen LogP contribution is -2.24. The molecule has 0 saturated heterocycles. The summed E-state index contributed by atoms with van der Waals surface area (Å²) in [5.41, 5.74) is 4.35. The van der Waals surface area contributed by atoms with Gasteiger partial charge in [-0.05, 0) is 18.1 Å². The second-order valence-corrected chi connectivity index (χ2v) is 6.66. The maximum Gasteiger partial charge on any atom is 0.346 e. The molecule has 1 aliphatic rings. The topological polar surface area (TPSA) is 55.4 Å². The fourth-order valence-corrected chi connectivity index (χ4v) is 3.33. The molecule has 6 heteroatoms. The maximum absolute atomic E-state index is 12.1. The summed E-state index contributed by atoms with van der Waals surface area (Å²) in [5.74, 6) is 0.677. The SMILES string of the molecule is Cc1ccc(C2=NN(c3nn(C)c(=O)n3C)C[C@H]2c2ccccc2)cc1. The van der Waals surface area contributed by atoms with E-state index in [1.165, 1.54) is 20.4 Å². The number of aromatic nitrogens is 3. The molecule has 1 aromatic heterocycles. The van der Waals surface area contributed by atoms with E-state index in [-0.39, 0.29) is 11.6 Å². The van der Waals surface area contributed by atoms with Crippen LogP contribution >= 0.6 is 0 Å². The summed E-state index contributed by atoms with van der Waals surface area (Å²) in [5, 5.41) is 11.0. The van der Waals surface area contributed by atoms with Gasteiger partial charge in [0.15, 0.2) is 0 Å². The summed E-state index contributed by atoms with van der Waals surface area (Å²) in [6.45, 7) is 2.72. The summed E-state index contributed by atoms with van der Waals surface area (Å²) >= 11 is 0. The zero-order valence-electron chi connectivity index (χ0n) is 15.1. The Balaban J connectivity index is 1.80. The Morgan fingerprint density at radius 1 is 1.00 bits per heavy atom. The summed E-state index contributed by atoms with van der Waals surface area (Å²) < 4.78 is 2.87. The van der Waals surface area contributed by atoms with E-state index in [0.29, 0.717) is 12.5 Å². The molecule has 0 fully saturated rings. The Bertz CT molecular complexity index is 1010. The van der Waals surface area contributed by atoms with Gasteiger partial charge in [-0.25, -0.2) is 14.5 Å². The minimum absolute atomic E-state index is 0.121. The molecule has 1 atom stereocenters. The van der Waals surface area contributed by atoms with Crippen molar-refractivity contribution >= 4 is 11.7 Å². The quantitative estimate of drug-likeness (QED) is 0.731. The van der Waals surface area contributed by atoms with Crippen LogP contribution in [0.15, 0.2) is 64.5 Å². The Kier molecular flexibility index (Phi) is 3.95. The molecular formula is C20H21N5O. The fourth-order valence-electron chi connectivity index (χ4n) is 3.33. The first-order chi connectivity index (χ1) is 12.5. The number of rotatable bonds is 3. The van der Waals surface area contributed by atoms with Crippen molar-refractivity contribution in [3.05, 3.63) is 81.8 Å². The van der Waals surface area contributed by atoms with Crippen LogP contribution in [-0.2, 0) is 14.1 Å². The zero-order valence-corrected chi connectivity index (χ0v) is 15.1. The van der Waals surface area contributed by atoms with Crippen LogP contribution in [0, 0.1) is 6.92 Å². The molecule has 26 heavy (non-hydrogen) atoms. The van der Waals surface area contributed by atoms with Gasteiger partial charge in [-0.1, -0.05) is 60.2 Å². The van der Waals surface area contributed by atoms with E-state index in [9.17, 15) is 4.79 Å².